The van der Waals surface area contributed by atoms with Crippen LogP contribution in [0.1, 0.15) is 20.8 Å². The summed E-state index contributed by atoms with van der Waals surface area (Å²) in [5, 5.41) is 5.03. The van der Waals surface area contributed by atoms with Crippen LogP contribution < -0.4 is 10.6 Å². The molecule has 4 heteroatoms. The lowest BCUT2D eigenvalue weighted by Gasteiger charge is -2.13. The van der Waals surface area contributed by atoms with E-state index >= 15 is 0 Å². The summed E-state index contributed by atoms with van der Waals surface area (Å²) in [4.78, 5) is 22.0. The molecular formula is C8H16N2O2. The molecule has 1 atom stereocenters. The zero-order chi connectivity index (χ0) is 9.72. The molecule has 70 valence electrons. The molecule has 0 aromatic heterocycles. The highest BCUT2D eigenvalue weighted by Gasteiger charge is 2.15. The number of carbonyl (C=O) groups excluding carboxylic acids is 2. The molecule has 0 aromatic carbocycles. The van der Waals surface area contributed by atoms with Gasteiger partial charge in [-0.15, -0.1) is 0 Å². The van der Waals surface area contributed by atoms with Crippen molar-refractivity contribution in [2.75, 3.05) is 7.05 Å². The van der Waals surface area contributed by atoms with Crippen LogP contribution in [0.2, 0.25) is 0 Å². The standard InChI is InChI=1S/C8H16N2O2/c1-5(2)7(11)10-6(3)8(12)9-4/h5-6H,1-4H3,(H,9,12)(H,10,11)/t6-/m1/s1. The molecular weight excluding hydrogens is 156 g/mol. The Morgan fingerprint density at radius 2 is 1.58 bits per heavy atom. The second-order valence-electron chi connectivity index (χ2n) is 3.00. The number of hydrogen-bond donors (Lipinski definition) is 2. The van der Waals surface area contributed by atoms with Gasteiger partial charge in [-0.3, -0.25) is 9.59 Å². The van der Waals surface area contributed by atoms with Crippen LogP contribution in [0.5, 0.6) is 0 Å². The predicted octanol–water partition coefficient (Wildman–Crippen LogP) is -0.107. The largest absolute Gasteiger partial charge is 0.357 e. The first-order chi connectivity index (χ1) is 5.49. The van der Waals surface area contributed by atoms with E-state index in [0.29, 0.717) is 0 Å². The summed E-state index contributed by atoms with van der Waals surface area (Å²) >= 11 is 0. The third-order valence-corrected chi connectivity index (χ3v) is 1.52. The Balaban J connectivity index is 3.92. The molecule has 0 spiro atoms. The molecule has 0 unspecified atom stereocenters. The monoisotopic (exact) mass is 172 g/mol. The first kappa shape index (κ1) is 10.9. The first-order valence-corrected chi connectivity index (χ1v) is 4.01. The van der Waals surface area contributed by atoms with Crippen LogP contribution in [0, 0.1) is 5.92 Å². The van der Waals surface area contributed by atoms with Crippen molar-refractivity contribution in [2.24, 2.45) is 5.92 Å². The zero-order valence-electron chi connectivity index (χ0n) is 7.97. The molecule has 0 rings (SSSR count). The van der Waals surface area contributed by atoms with E-state index in [1.807, 2.05) is 0 Å². The molecule has 0 fully saturated rings. The van der Waals surface area contributed by atoms with Crippen molar-refractivity contribution in [3.8, 4) is 0 Å². The van der Waals surface area contributed by atoms with Crippen molar-refractivity contribution >= 4 is 11.8 Å². The van der Waals surface area contributed by atoms with Crippen molar-refractivity contribution in [3.63, 3.8) is 0 Å². The normalized spacial score (nSPS) is 12.4. The summed E-state index contributed by atoms with van der Waals surface area (Å²) < 4.78 is 0. The van der Waals surface area contributed by atoms with E-state index in [-0.39, 0.29) is 17.7 Å². The SMILES string of the molecule is CNC(=O)[C@@H](C)NC(=O)C(C)C. The first-order valence-electron chi connectivity index (χ1n) is 4.01. The summed E-state index contributed by atoms with van der Waals surface area (Å²) in [5.41, 5.74) is 0. The van der Waals surface area contributed by atoms with Crippen molar-refractivity contribution < 1.29 is 9.59 Å². The molecule has 4 nitrogen and oxygen atoms in total. The highest BCUT2D eigenvalue weighted by Crippen LogP contribution is 1.92. The minimum absolute atomic E-state index is 0.0860. The van der Waals surface area contributed by atoms with Gasteiger partial charge in [-0.05, 0) is 6.92 Å². The molecule has 12 heavy (non-hydrogen) atoms. The van der Waals surface area contributed by atoms with Gasteiger partial charge >= 0.3 is 0 Å². The van der Waals surface area contributed by atoms with Crippen molar-refractivity contribution in [1.82, 2.24) is 10.6 Å². The van der Waals surface area contributed by atoms with Crippen LogP contribution in [-0.2, 0) is 9.59 Å². The van der Waals surface area contributed by atoms with Crippen molar-refractivity contribution in [2.45, 2.75) is 26.8 Å². The fourth-order valence-corrected chi connectivity index (χ4v) is 0.662. The molecule has 0 aliphatic rings. The Labute approximate surface area is 72.7 Å². The highest BCUT2D eigenvalue weighted by atomic mass is 16.2. The van der Waals surface area contributed by atoms with Gasteiger partial charge in [0.05, 0.1) is 0 Å². The quantitative estimate of drug-likeness (QED) is 0.624. The Hall–Kier alpha value is -1.06. The van der Waals surface area contributed by atoms with E-state index in [9.17, 15) is 9.59 Å². The summed E-state index contributed by atoms with van der Waals surface area (Å²) in [7, 11) is 1.54. The van der Waals surface area contributed by atoms with Crippen LogP contribution in [-0.4, -0.2) is 24.9 Å². The predicted molar refractivity (Wildman–Crippen MR) is 46.5 cm³/mol. The van der Waals surface area contributed by atoms with Gasteiger partial charge in [0.1, 0.15) is 6.04 Å². The van der Waals surface area contributed by atoms with Gasteiger partial charge in [-0.25, -0.2) is 0 Å². The Morgan fingerprint density at radius 3 is 1.92 bits per heavy atom. The third kappa shape index (κ3) is 3.37. The molecule has 0 saturated carbocycles. The maximum Gasteiger partial charge on any atom is 0.242 e. The second kappa shape index (κ2) is 4.74. The lowest BCUT2D eigenvalue weighted by Crippen LogP contribution is -2.44. The molecule has 0 saturated heterocycles. The summed E-state index contributed by atoms with van der Waals surface area (Å²) in [5.74, 6) is -0.368. The fourth-order valence-electron chi connectivity index (χ4n) is 0.662. The van der Waals surface area contributed by atoms with Gasteiger partial charge in [0, 0.05) is 13.0 Å². The molecule has 0 aliphatic heterocycles. The summed E-state index contributed by atoms with van der Waals surface area (Å²) in [6, 6.07) is -0.454. The third-order valence-electron chi connectivity index (χ3n) is 1.52. The number of rotatable bonds is 3. The Bertz CT molecular complexity index is 178. The van der Waals surface area contributed by atoms with Gasteiger partial charge in [-0.2, -0.15) is 0 Å². The molecule has 0 bridgehead atoms. The minimum Gasteiger partial charge on any atom is -0.357 e. The van der Waals surface area contributed by atoms with E-state index in [2.05, 4.69) is 10.6 Å². The highest BCUT2D eigenvalue weighted by molar-refractivity contribution is 5.87. The maximum absolute atomic E-state index is 11.1. The lowest BCUT2D eigenvalue weighted by atomic mass is 10.2. The van der Waals surface area contributed by atoms with Gasteiger partial charge in [0.2, 0.25) is 11.8 Å². The molecule has 2 N–H and O–H groups in total. The van der Waals surface area contributed by atoms with E-state index in [1.165, 1.54) is 0 Å². The average molecular weight is 172 g/mol. The van der Waals surface area contributed by atoms with E-state index in [4.69, 9.17) is 0 Å². The fraction of sp³-hybridized carbons (Fsp3) is 0.750. The van der Waals surface area contributed by atoms with Crippen LogP contribution >= 0.6 is 0 Å². The molecule has 0 heterocycles. The number of likely N-dealkylation sites (N-methyl/N-ethyl adjacent to an activating group) is 1. The van der Waals surface area contributed by atoms with Crippen LogP contribution in [0.25, 0.3) is 0 Å². The number of carbonyl (C=O) groups is 2. The second-order valence-corrected chi connectivity index (χ2v) is 3.00. The Kier molecular flexibility index (Phi) is 4.33. The lowest BCUT2D eigenvalue weighted by molar-refractivity contribution is -0.129. The van der Waals surface area contributed by atoms with Gasteiger partial charge in [0.15, 0.2) is 0 Å². The van der Waals surface area contributed by atoms with Crippen molar-refractivity contribution in [3.05, 3.63) is 0 Å². The van der Waals surface area contributed by atoms with Crippen molar-refractivity contribution in [1.29, 1.82) is 0 Å². The van der Waals surface area contributed by atoms with E-state index in [0.717, 1.165) is 0 Å². The number of nitrogens with one attached hydrogen (secondary N) is 2. The zero-order valence-corrected chi connectivity index (χ0v) is 7.97. The summed E-state index contributed by atoms with van der Waals surface area (Å²) in [6.07, 6.45) is 0. The van der Waals surface area contributed by atoms with Crippen LogP contribution in [0.15, 0.2) is 0 Å². The van der Waals surface area contributed by atoms with Gasteiger partial charge < -0.3 is 10.6 Å². The molecule has 0 radical (unpaired) electrons. The van der Waals surface area contributed by atoms with Gasteiger partial charge in [0.25, 0.3) is 0 Å². The molecule has 0 aromatic rings. The van der Waals surface area contributed by atoms with Crippen LogP contribution in [0.3, 0.4) is 0 Å². The number of amides is 2. The minimum atomic E-state index is -0.454. The number of hydrogen-bond acceptors (Lipinski definition) is 2. The van der Waals surface area contributed by atoms with E-state index in [1.54, 1.807) is 27.8 Å². The Morgan fingerprint density at radius 1 is 1.08 bits per heavy atom. The van der Waals surface area contributed by atoms with E-state index < -0.39 is 6.04 Å². The van der Waals surface area contributed by atoms with Gasteiger partial charge in [-0.1, -0.05) is 13.8 Å². The molecule has 2 amide bonds. The molecule has 0 aliphatic carbocycles. The summed E-state index contributed by atoms with van der Waals surface area (Å²) in [6.45, 7) is 5.22. The maximum atomic E-state index is 11.1. The smallest absolute Gasteiger partial charge is 0.242 e. The van der Waals surface area contributed by atoms with Crippen LogP contribution in [0.4, 0.5) is 0 Å². The topological polar surface area (TPSA) is 58.2 Å². The average Bonchev–Trinajstić information content (AvgIpc) is 2.02.